The normalized spacial score (nSPS) is 17.9. The molecule has 7 nitrogen and oxygen atoms in total. The van der Waals surface area contributed by atoms with Crippen LogP contribution in [-0.4, -0.2) is 51.3 Å². The molecule has 1 aliphatic rings. The molecule has 0 spiro atoms. The van der Waals surface area contributed by atoms with Crippen LogP contribution in [0.25, 0.3) is 0 Å². The molecule has 7 heteroatoms. The fourth-order valence-electron chi connectivity index (χ4n) is 2.94. The van der Waals surface area contributed by atoms with Crippen LogP contribution in [-0.2, 0) is 6.54 Å². The molecule has 0 unspecified atom stereocenters. The summed E-state index contributed by atoms with van der Waals surface area (Å²) < 4.78 is 5.25. The van der Waals surface area contributed by atoms with Crippen molar-refractivity contribution in [3.05, 3.63) is 41.6 Å². The molecular weight excluding hydrogens is 294 g/mol. The largest absolute Gasteiger partial charge is 0.438 e. The Balaban J connectivity index is 1.84. The van der Waals surface area contributed by atoms with Gasteiger partial charge in [0, 0.05) is 19.3 Å². The van der Waals surface area contributed by atoms with Gasteiger partial charge in [0.05, 0.1) is 29.3 Å². The molecule has 0 bridgehead atoms. The van der Waals surface area contributed by atoms with Crippen molar-refractivity contribution in [3.63, 3.8) is 0 Å². The minimum atomic E-state index is -0.123. The number of oxazole rings is 1. The standard InChI is InChI=1S/C16H21N5O2/c1-11-15(23-10-18-11)16(22)21-6-4-5-14(21)13-8-17-7-12(19-13)9-20(2)3/h7-8,10,14H,4-6,9H2,1-3H3/t14-/m1/s1. The van der Waals surface area contributed by atoms with Crippen molar-refractivity contribution in [1.29, 1.82) is 0 Å². The molecule has 0 aromatic carbocycles. The van der Waals surface area contributed by atoms with Crippen LogP contribution in [0.4, 0.5) is 0 Å². The summed E-state index contributed by atoms with van der Waals surface area (Å²) in [5.74, 6) is 0.191. The molecule has 2 aromatic rings. The molecule has 0 aliphatic carbocycles. The van der Waals surface area contributed by atoms with Gasteiger partial charge in [-0.05, 0) is 33.9 Å². The highest BCUT2D eigenvalue weighted by atomic mass is 16.3. The van der Waals surface area contributed by atoms with Gasteiger partial charge in [-0.3, -0.25) is 14.8 Å². The van der Waals surface area contributed by atoms with E-state index < -0.39 is 0 Å². The van der Waals surface area contributed by atoms with Crippen molar-refractivity contribution in [3.8, 4) is 0 Å². The third-order valence-corrected chi connectivity index (χ3v) is 3.98. The summed E-state index contributed by atoms with van der Waals surface area (Å²) in [5.41, 5.74) is 2.36. The summed E-state index contributed by atoms with van der Waals surface area (Å²) >= 11 is 0. The van der Waals surface area contributed by atoms with Gasteiger partial charge in [-0.25, -0.2) is 4.98 Å². The predicted octanol–water partition coefficient (Wildman–Crippen LogP) is 1.81. The van der Waals surface area contributed by atoms with E-state index in [1.54, 1.807) is 19.3 Å². The van der Waals surface area contributed by atoms with E-state index in [0.29, 0.717) is 18.0 Å². The Bertz CT molecular complexity index is 697. The van der Waals surface area contributed by atoms with Crippen LogP contribution in [0.3, 0.4) is 0 Å². The molecule has 3 heterocycles. The van der Waals surface area contributed by atoms with E-state index in [-0.39, 0.29) is 11.9 Å². The smallest absolute Gasteiger partial charge is 0.292 e. The summed E-state index contributed by atoms with van der Waals surface area (Å²) in [6.45, 7) is 3.20. The molecule has 3 rings (SSSR count). The predicted molar refractivity (Wildman–Crippen MR) is 83.7 cm³/mol. The Morgan fingerprint density at radius 1 is 1.43 bits per heavy atom. The first kappa shape index (κ1) is 15.6. The van der Waals surface area contributed by atoms with Crippen molar-refractivity contribution >= 4 is 5.91 Å². The number of rotatable bonds is 4. The summed E-state index contributed by atoms with van der Waals surface area (Å²) in [4.78, 5) is 29.6. The summed E-state index contributed by atoms with van der Waals surface area (Å²) in [6, 6.07) is -0.0541. The second-order valence-electron chi connectivity index (χ2n) is 6.10. The monoisotopic (exact) mass is 315 g/mol. The van der Waals surface area contributed by atoms with Crippen LogP contribution in [0, 0.1) is 6.92 Å². The lowest BCUT2D eigenvalue weighted by Gasteiger charge is -2.23. The average molecular weight is 315 g/mol. The second kappa shape index (κ2) is 6.45. The Morgan fingerprint density at radius 3 is 2.96 bits per heavy atom. The van der Waals surface area contributed by atoms with Crippen LogP contribution in [0.2, 0.25) is 0 Å². The third kappa shape index (κ3) is 3.24. The Hall–Kier alpha value is -2.28. The van der Waals surface area contributed by atoms with E-state index in [4.69, 9.17) is 4.42 Å². The minimum absolute atomic E-state index is 0.0541. The van der Waals surface area contributed by atoms with Gasteiger partial charge in [0.2, 0.25) is 5.76 Å². The first-order chi connectivity index (χ1) is 11.1. The molecule has 2 aromatic heterocycles. The second-order valence-corrected chi connectivity index (χ2v) is 6.10. The zero-order valence-corrected chi connectivity index (χ0v) is 13.7. The number of aromatic nitrogens is 3. The fraction of sp³-hybridized carbons (Fsp3) is 0.500. The number of amides is 1. The lowest BCUT2D eigenvalue weighted by Crippen LogP contribution is -2.31. The van der Waals surface area contributed by atoms with Crippen molar-refractivity contribution < 1.29 is 9.21 Å². The van der Waals surface area contributed by atoms with Gasteiger partial charge in [-0.1, -0.05) is 0 Å². The van der Waals surface area contributed by atoms with Crippen molar-refractivity contribution in [2.45, 2.75) is 32.4 Å². The Morgan fingerprint density at radius 2 is 2.26 bits per heavy atom. The van der Waals surface area contributed by atoms with E-state index in [1.807, 2.05) is 23.9 Å². The van der Waals surface area contributed by atoms with Gasteiger partial charge >= 0.3 is 0 Å². The quantitative estimate of drug-likeness (QED) is 0.856. The number of hydrogen-bond donors (Lipinski definition) is 0. The summed E-state index contributed by atoms with van der Waals surface area (Å²) in [6.07, 6.45) is 6.67. The highest BCUT2D eigenvalue weighted by Gasteiger charge is 2.34. The van der Waals surface area contributed by atoms with Gasteiger partial charge in [0.1, 0.15) is 0 Å². The van der Waals surface area contributed by atoms with E-state index in [9.17, 15) is 4.79 Å². The third-order valence-electron chi connectivity index (χ3n) is 3.98. The van der Waals surface area contributed by atoms with Gasteiger partial charge in [-0.2, -0.15) is 0 Å². The molecule has 0 radical (unpaired) electrons. The molecule has 1 fully saturated rings. The Labute approximate surface area is 135 Å². The number of carbonyl (C=O) groups excluding carboxylic acids is 1. The molecule has 0 saturated carbocycles. The lowest BCUT2D eigenvalue weighted by atomic mass is 10.1. The summed E-state index contributed by atoms with van der Waals surface area (Å²) in [7, 11) is 3.98. The number of nitrogens with zero attached hydrogens (tertiary/aromatic N) is 5. The van der Waals surface area contributed by atoms with Crippen LogP contribution >= 0.6 is 0 Å². The summed E-state index contributed by atoms with van der Waals surface area (Å²) in [5, 5.41) is 0. The molecule has 1 atom stereocenters. The maximum absolute atomic E-state index is 12.7. The van der Waals surface area contributed by atoms with Crippen molar-refractivity contribution in [1.82, 2.24) is 24.8 Å². The van der Waals surface area contributed by atoms with Gasteiger partial charge in [0.15, 0.2) is 6.39 Å². The average Bonchev–Trinajstić information content (AvgIpc) is 3.15. The maximum Gasteiger partial charge on any atom is 0.292 e. The topological polar surface area (TPSA) is 75.4 Å². The molecule has 1 aliphatic heterocycles. The lowest BCUT2D eigenvalue weighted by molar-refractivity contribution is 0.0699. The van der Waals surface area contributed by atoms with Crippen LogP contribution in [0.15, 0.2) is 23.2 Å². The van der Waals surface area contributed by atoms with E-state index in [1.165, 1.54) is 6.39 Å². The van der Waals surface area contributed by atoms with Crippen LogP contribution in [0.5, 0.6) is 0 Å². The minimum Gasteiger partial charge on any atom is -0.438 e. The number of hydrogen-bond acceptors (Lipinski definition) is 6. The van der Waals surface area contributed by atoms with E-state index in [0.717, 1.165) is 30.8 Å². The van der Waals surface area contributed by atoms with Crippen molar-refractivity contribution in [2.24, 2.45) is 0 Å². The molecule has 1 saturated heterocycles. The van der Waals surface area contributed by atoms with Gasteiger partial charge in [-0.15, -0.1) is 0 Å². The van der Waals surface area contributed by atoms with Crippen LogP contribution in [0.1, 0.15) is 46.5 Å². The molecule has 0 N–H and O–H groups in total. The van der Waals surface area contributed by atoms with E-state index >= 15 is 0 Å². The van der Waals surface area contributed by atoms with Gasteiger partial charge in [0.25, 0.3) is 5.91 Å². The van der Waals surface area contributed by atoms with Crippen molar-refractivity contribution in [2.75, 3.05) is 20.6 Å². The number of likely N-dealkylation sites (tertiary alicyclic amines) is 1. The zero-order valence-electron chi connectivity index (χ0n) is 13.7. The number of aryl methyl sites for hydroxylation is 1. The molecule has 122 valence electrons. The Kier molecular flexibility index (Phi) is 4.38. The van der Waals surface area contributed by atoms with E-state index in [2.05, 4.69) is 15.0 Å². The van der Waals surface area contributed by atoms with Crippen LogP contribution < -0.4 is 0 Å². The first-order valence-electron chi connectivity index (χ1n) is 7.73. The highest BCUT2D eigenvalue weighted by molar-refractivity contribution is 5.92. The number of carbonyl (C=O) groups is 1. The molecular formula is C16H21N5O2. The zero-order chi connectivity index (χ0) is 16.4. The van der Waals surface area contributed by atoms with Gasteiger partial charge < -0.3 is 14.2 Å². The maximum atomic E-state index is 12.7. The SMILES string of the molecule is Cc1ncoc1C(=O)N1CCC[C@@H]1c1cncc(CN(C)C)n1. The highest BCUT2D eigenvalue weighted by Crippen LogP contribution is 2.32. The fourth-order valence-corrected chi connectivity index (χ4v) is 2.94. The molecule has 1 amide bonds. The molecule has 23 heavy (non-hydrogen) atoms. The first-order valence-corrected chi connectivity index (χ1v) is 7.73.